The van der Waals surface area contributed by atoms with Crippen molar-refractivity contribution in [1.82, 2.24) is 30.2 Å². The maximum Gasteiger partial charge on any atom is 0.330 e. The van der Waals surface area contributed by atoms with Gasteiger partial charge in [0.05, 0.1) is 62.3 Å². The highest BCUT2D eigenvalue weighted by atomic mass is 31.2. The summed E-state index contributed by atoms with van der Waals surface area (Å²) in [5.74, 6) is -6.61. The number of hydrogen-bond acceptors (Lipinski definition) is 16. The summed E-state index contributed by atoms with van der Waals surface area (Å²) in [5, 5.41) is 26.9. The second-order valence-electron chi connectivity index (χ2n) is 15.7. The van der Waals surface area contributed by atoms with Crippen LogP contribution >= 0.6 is 7.60 Å². The molecule has 0 bridgehead atoms. The number of ketones is 1. The first-order valence-electron chi connectivity index (χ1n) is 21.7. The van der Waals surface area contributed by atoms with Crippen LogP contribution in [0.3, 0.4) is 0 Å². The zero-order valence-electron chi connectivity index (χ0n) is 37.4. The number of unbranched alkanes of at least 4 members (excludes halogenated alkanes) is 2. The Hall–Kier alpha value is -6.34. The number of fused-ring (bicyclic) bond motifs is 1. The number of Topliss-reactive ketones (excluding diaryl/α,β-unsaturated/α-hetero) is 1. The molecule has 2 aromatic carbocycles. The van der Waals surface area contributed by atoms with E-state index in [0.717, 1.165) is 5.56 Å². The lowest BCUT2D eigenvalue weighted by Gasteiger charge is -2.28. The van der Waals surface area contributed by atoms with Crippen LogP contribution in [0.5, 0.6) is 0 Å². The lowest BCUT2D eigenvalue weighted by atomic mass is 9.85. The first-order chi connectivity index (χ1) is 31.5. The van der Waals surface area contributed by atoms with Crippen molar-refractivity contribution >= 4 is 65.7 Å². The number of benzene rings is 2. The summed E-state index contributed by atoms with van der Waals surface area (Å²) in [5.41, 5.74) is 1.91. The topological polar surface area (TPSA) is 281 Å². The molecule has 354 valence electrons. The molecule has 0 aliphatic carbocycles. The highest BCUT2D eigenvalue weighted by molar-refractivity contribution is 7.53. The quantitative estimate of drug-likeness (QED) is 0.0267. The van der Waals surface area contributed by atoms with Crippen LogP contribution in [0.25, 0.3) is 16.9 Å². The molecule has 3 heterocycles. The van der Waals surface area contributed by atoms with Gasteiger partial charge in [-0.05, 0) is 76.6 Å². The zero-order valence-corrected chi connectivity index (χ0v) is 38.3. The molecule has 20 nitrogen and oxygen atoms in total. The van der Waals surface area contributed by atoms with Crippen molar-refractivity contribution in [3.63, 3.8) is 0 Å². The Bertz CT molecular complexity index is 2460. The molecule has 1 fully saturated rings. The molecule has 0 saturated carbocycles. The molecule has 1 aliphatic heterocycles. The standard InChI is InChI=1S/C45H57N8O12P/c1-6-64-66(62,65-7-2)23-13-9-12-22-63-44(61)36-28(4)53(26-30-14-10-8-11-15-30)39(29(5)54)37(36)41(57)51-45-50-40-38(42(58)52-45)49-33(25-47-40)24-46-32-18-16-31(17-19-32)27(3)48-34(43(59)60)20-21-35(55)56/h8,10-11,14-19,25,28,34,36-37,39,46,48H,3,6-7,9,12-13,20-24,26H2,1-2,4-5H3,(H,55,56)(H,59,60)(H2,47,50,51,52,57,58). The van der Waals surface area contributed by atoms with Crippen LogP contribution in [-0.4, -0.2) is 109 Å². The number of amides is 1. The number of nitrogens with zero attached hydrogens (tertiary/aromatic N) is 4. The van der Waals surface area contributed by atoms with E-state index >= 15 is 0 Å². The minimum absolute atomic E-state index is 0.0264. The molecule has 1 saturated heterocycles. The van der Waals surface area contributed by atoms with E-state index in [1.165, 1.54) is 13.1 Å². The van der Waals surface area contributed by atoms with Crippen LogP contribution in [0.2, 0.25) is 0 Å². The number of aromatic amines is 1. The number of nitrogens with one attached hydrogen (secondary N) is 4. The summed E-state index contributed by atoms with van der Waals surface area (Å²) in [6.45, 7) is 11.4. The second-order valence-corrected chi connectivity index (χ2v) is 17.9. The Labute approximate surface area is 381 Å². The molecular weight excluding hydrogens is 876 g/mol. The van der Waals surface area contributed by atoms with E-state index in [9.17, 15) is 38.4 Å². The number of likely N-dealkylation sites (tertiary alicyclic amines) is 1. The van der Waals surface area contributed by atoms with Crippen molar-refractivity contribution in [2.24, 2.45) is 11.8 Å². The van der Waals surface area contributed by atoms with Crippen LogP contribution in [0.15, 0.2) is 72.2 Å². The molecule has 1 amide bonds. The largest absolute Gasteiger partial charge is 0.481 e. The monoisotopic (exact) mass is 932 g/mol. The lowest BCUT2D eigenvalue weighted by Crippen LogP contribution is -2.44. The van der Waals surface area contributed by atoms with Gasteiger partial charge < -0.3 is 34.6 Å². The second kappa shape index (κ2) is 23.7. The van der Waals surface area contributed by atoms with Crippen molar-refractivity contribution in [3.05, 3.63) is 94.5 Å². The molecular formula is C45H57N8O12P. The van der Waals surface area contributed by atoms with Gasteiger partial charge in [0.25, 0.3) is 5.56 Å². The third-order valence-electron chi connectivity index (χ3n) is 11.0. The Balaban J connectivity index is 1.27. The van der Waals surface area contributed by atoms with Gasteiger partial charge in [0.15, 0.2) is 11.2 Å². The minimum Gasteiger partial charge on any atom is -0.481 e. The minimum atomic E-state index is -3.21. The number of H-pyrrole nitrogens is 1. The number of esters is 1. The van der Waals surface area contributed by atoms with Gasteiger partial charge in [0.2, 0.25) is 11.9 Å². The Morgan fingerprint density at radius 3 is 2.29 bits per heavy atom. The van der Waals surface area contributed by atoms with Crippen molar-refractivity contribution in [2.75, 3.05) is 36.6 Å². The predicted molar refractivity (Wildman–Crippen MR) is 244 cm³/mol. The van der Waals surface area contributed by atoms with Crippen LogP contribution in [0.1, 0.15) is 76.6 Å². The molecule has 21 heteroatoms. The van der Waals surface area contributed by atoms with Crippen LogP contribution in [0, 0.1) is 11.8 Å². The maximum atomic E-state index is 14.3. The van der Waals surface area contributed by atoms with Gasteiger partial charge in [0, 0.05) is 30.4 Å². The Morgan fingerprint density at radius 1 is 0.955 bits per heavy atom. The Morgan fingerprint density at radius 2 is 1.65 bits per heavy atom. The molecule has 5 atom stereocenters. The number of hydrogen-bond donors (Lipinski definition) is 6. The van der Waals surface area contributed by atoms with Gasteiger partial charge in [-0.25, -0.2) is 14.8 Å². The van der Waals surface area contributed by atoms with Gasteiger partial charge in [-0.3, -0.25) is 43.7 Å². The number of carboxylic acid groups (broad SMARTS) is 2. The average molecular weight is 933 g/mol. The summed E-state index contributed by atoms with van der Waals surface area (Å²) in [6, 6.07) is 13.4. The number of carbonyl (C=O) groups is 5. The summed E-state index contributed by atoms with van der Waals surface area (Å²) in [4.78, 5) is 94.9. The van der Waals surface area contributed by atoms with E-state index in [2.05, 4.69) is 42.5 Å². The molecule has 5 rings (SSSR count). The molecule has 0 spiro atoms. The SMILES string of the molecule is C=C(NC(CCC(=O)O)C(=O)O)c1ccc(NCc2cnc3nc(NC(=O)C4C(C(=O)OCCCCCP(=O)(OCC)OCC)C(C)N(Cc5ccccc5)C4C(C)=O)[nH]c(=O)c3n2)cc1. The zero-order chi connectivity index (χ0) is 48.0. The molecule has 5 unspecified atom stereocenters. The summed E-state index contributed by atoms with van der Waals surface area (Å²) in [6.07, 6.45) is 2.73. The van der Waals surface area contributed by atoms with Crippen LogP contribution in [-0.2, 0) is 55.4 Å². The highest BCUT2D eigenvalue weighted by Crippen LogP contribution is 2.48. The molecule has 6 N–H and O–H groups in total. The highest BCUT2D eigenvalue weighted by Gasteiger charge is 2.55. The number of aromatic nitrogens is 4. The van der Waals surface area contributed by atoms with Gasteiger partial charge >= 0.3 is 25.5 Å². The Kier molecular flexibility index (Phi) is 18.2. The number of carboxylic acids is 2. The fraction of sp³-hybridized carbons (Fsp3) is 0.444. The van der Waals surface area contributed by atoms with Crippen molar-refractivity contribution in [1.29, 1.82) is 0 Å². The number of rotatable bonds is 26. The predicted octanol–water partition coefficient (Wildman–Crippen LogP) is 5.22. The van der Waals surface area contributed by atoms with Gasteiger partial charge in [-0.2, -0.15) is 4.98 Å². The van der Waals surface area contributed by atoms with E-state index < -0.39 is 66.9 Å². The van der Waals surface area contributed by atoms with Crippen LogP contribution in [0.4, 0.5) is 11.6 Å². The molecule has 66 heavy (non-hydrogen) atoms. The van der Waals surface area contributed by atoms with E-state index in [4.69, 9.17) is 18.9 Å². The van der Waals surface area contributed by atoms with Gasteiger partial charge in [-0.1, -0.05) is 49.0 Å². The first kappa shape index (κ1) is 50.7. The molecule has 2 aromatic heterocycles. The normalized spacial score (nSPS) is 17.8. The van der Waals surface area contributed by atoms with Gasteiger partial charge in [0.1, 0.15) is 11.8 Å². The smallest absolute Gasteiger partial charge is 0.330 e. The van der Waals surface area contributed by atoms with E-state index in [1.807, 2.05) is 35.2 Å². The molecule has 4 aromatic rings. The van der Waals surface area contributed by atoms with Crippen molar-refractivity contribution in [2.45, 2.75) is 91.0 Å². The van der Waals surface area contributed by atoms with E-state index in [0.29, 0.717) is 41.9 Å². The van der Waals surface area contributed by atoms with Gasteiger partial charge in [-0.15, -0.1) is 0 Å². The lowest BCUT2D eigenvalue weighted by molar-refractivity contribution is -0.152. The third kappa shape index (κ3) is 13.6. The van der Waals surface area contributed by atoms with E-state index in [-0.39, 0.29) is 74.8 Å². The summed E-state index contributed by atoms with van der Waals surface area (Å²) >= 11 is 0. The third-order valence-corrected chi connectivity index (χ3v) is 13.2. The number of carbonyl (C=O) groups excluding carboxylic acids is 3. The summed E-state index contributed by atoms with van der Waals surface area (Å²) < 4.78 is 29.3. The fourth-order valence-corrected chi connectivity index (χ4v) is 9.58. The average Bonchev–Trinajstić information content (AvgIpc) is 3.57. The maximum absolute atomic E-state index is 14.3. The number of aliphatic carboxylic acids is 2. The molecule has 1 aliphatic rings. The van der Waals surface area contributed by atoms with Crippen molar-refractivity contribution < 1.29 is 52.5 Å². The van der Waals surface area contributed by atoms with E-state index in [1.54, 1.807) is 45.0 Å². The number of anilines is 2. The fourth-order valence-electron chi connectivity index (χ4n) is 7.85. The molecule has 0 radical (unpaired) electrons. The van der Waals surface area contributed by atoms with Crippen LogP contribution < -0.4 is 21.5 Å². The summed E-state index contributed by atoms with van der Waals surface area (Å²) in [7, 11) is -3.21. The number of ether oxygens (including phenoxy) is 1. The van der Waals surface area contributed by atoms with Crippen molar-refractivity contribution in [3.8, 4) is 0 Å². The first-order valence-corrected chi connectivity index (χ1v) is 23.4.